The van der Waals surface area contributed by atoms with Crippen LogP contribution in [0.3, 0.4) is 0 Å². The third-order valence-electron chi connectivity index (χ3n) is 3.27. The molecule has 0 unspecified atom stereocenters. The number of amides is 1. The Labute approximate surface area is 138 Å². The quantitative estimate of drug-likeness (QED) is 0.774. The lowest BCUT2D eigenvalue weighted by Gasteiger charge is -2.08. The van der Waals surface area contributed by atoms with Crippen molar-refractivity contribution in [3.63, 3.8) is 0 Å². The number of anilines is 1. The number of benzene rings is 2. The molecule has 0 fully saturated rings. The summed E-state index contributed by atoms with van der Waals surface area (Å²) in [5.41, 5.74) is 1.47. The van der Waals surface area contributed by atoms with E-state index in [-0.39, 0.29) is 18.3 Å². The van der Waals surface area contributed by atoms with Crippen LogP contribution in [0.5, 0.6) is 5.75 Å². The number of aryl methyl sites for hydroxylation is 1. The van der Waals surface area contributed by atoms with Crippen LogP contribution in [-0.2, 0) is 4.79 Å². The molecule has 3 rings (SSSR count). The molecule has 0 bridgehead atoms. The normalized spacial score (nSPS) is 10.4. The molecule has 0 aliphatic heterocycles. The topological polar surface area (TPSA) is 64.4 Å². The monoisotopic (exact) mass is 326 g/mol. The fraction of sp³-hybridized carbons (Fsp3) is 0.111. The first-order chi connectivity index (χ1) is 11.6. The average molecular weight is 326 g/mol. The van der Waals surface area contributed by atoms with Gasteiger partial charge in [0, 0.05) is 18.2 Å². The highest BCUT2D eigenvalue weighted by atomic mass is 19.1. The fourth-order valence-electron chi connectivity index (χ4n) is 2.11. The van der Waals surface area contributed by atoms with Crippen molar-refractivity contribution in [1.29, 1.82) is 0 Å². The Morgan fingerprint density at radius 3 is 2.62 bits per heavy atom. The minimum absolute atomic E-state index is 0.0451. The van der Waals surface area contributed by atoms with Crippen molar-refractivity contribution in [2.45, 2.75) is 6.92 Å². The number of aromatic nitrogens is 1. The molecule has 0 saturated heterocycles. The molecule has 5 nitrogen and oxygen atoms in total. The summed E-state index contributed by atoms with van der Waals surface area (Å²) in [6.45, 7) is 1.50. The average Bonchev–Trinajstić information content (AvgIpc) is 3.01. The summed E-state index contributed by atoms with van der Waals surface area (Å²) in [6.07, 6.45) is 1.64. The van der Waals surface area contributed by atoms with Crippen LogP contribution in [0.4, 0.5) is 10.1 Å². The van der Waals surface area contributed by atoms with Gasteiger partial charge in [-0.25, -0.2) is 9.37 Å². The van der Waals surface area contributed by atoms with Crippen molar-refractivity contribution in [2.24, 2.45) is 0 Å². The van der Waals surface area contributed by atoms with E-state index in [0.717, 1.165) is 5.56 Å². The van der Waals surface area contributed by atoms with Crippen LogP contribution in [0, 0.1) is 12.7 Å². The maximum atomic E-state index is 13.4. The number of halogens is 1. The van der Waals surface area contributed by atoms with Crippen LogP contribution < -0.4 is 10.1 Å². The number of carbonyl (C=O) groups excluding carboxylic acids is 1. The zero-order chi connectivity index (χ0) is 16.9. The minimum Gasteiger partial charge on any atom is -0.481 e. The highest BCUT2D eigenvalue weighted by molar-refractivity contribution is 5.92. The van der Waals surface area contributed by atoms with Crippen LogP contribution >= 0.6 is 0 Å². The largest absolute Gasteiger partial charge is 0.481 e. The van der Waals surface area contributed by atoms with E-state index in [2.05, 4.69) is 10.3 Å². The summed E-state index contributed by atoms with van der Waals surface area (Å²) < 4.78 is 24.0. The predicted molar refractivity (Wildman–Crippen MR) is 87.2 cm³/mol. The summed E-state index contributed by atoms with van der Waals surface area (Å²) in [4.78, 5) is 15.9. The number of ether oxygens (including phenoxy) is 1. The first-order valence-corrected chi connectivity index (χ1v) is 7.32. The van der Waals surface area contributed by atoms with E-state index in [9.17, 15) is 9.18 Å². The molecule has 0 aliphatic rings. The Bertz CT molecular complexity index is 843. The van der Waals surface area contributed by atoms with Crippen molar-refractivity contribution < 1.29 is 18.3 Å². The molecule has 0 aliphatic carbocycles. The van der Waals surface area contributed by atoms with E-state index < -0.39 is 5.82 Å². The van der Waals surface area contributed by atoms with Gasteiger partial charge < -0.3 is 14.5 Å². The van der Waals surface area contributed by atoms with Gasteiger partial charge in [-0.1, -0.05) is 12.1 Å². The molecule has 1 N–H and O–H groups in total. The van der Waals surface area contributed by atoms with E-state index >= 15 is 0 Å². The standard InChI is InChI=1S/C18H15FN2O3/c1-12-20-10-17(24-12)13-6-8-14(9-7-13)21-18(22)11-23-16-5-3-2-4-15(16)19/h2-10H,11H2,1H3,(H,21,22). The Balaban J connectivity index is 1.57. The van der Waals surface area contributed by atoms with Crippen LogP contribution in [0.2, 0.25) is 0 Å². The maximum absolute atomic E-state index is 13.4. The molecule has 1 heterocycles. The number of oxazole rings is 1. The molecular formula is C18H15FN2O3. The van der Waals surface area contributed by atoms with Crippen molar-refractivity contribution >= 4 is 11.6 Å². The fourth-order valence-corrected chi connectivity index (χ4v) is 2.11. The third kappa shape index (κ3) is 3.78. The molecule has 122 valence electrons. The van der Waals surface area contributed by atoms with Gasteiger partial charge in [-0.15, -0.1) is 0 Å². The number of carbonyl (C=O) groups is 1. The van der Waals surface area contributed by atoms with Gasteiger partial charge in [-0.3, -0.25) is 4.79 Å². The molecule has 0 saturated carbocycles. The molecule has 0 spiro atoms. The van der Waals surface area contributed by atoms with Crippen LogP contribution in [0.25, 0.3) is 11.3 Å². The lowest BCUT2D eigenvalue weighted by Crippen LogP contribution is -2.20. The van der Waals surface area contributed by atoms with E-state index in [1.54, 1.807) is 37.4 Å². The molecule has 1 amide bonds. The maximum Gasteiger partial charge on any atom is 0.262 e. The van der Waals surface area contributed by atoms with Gasteiger partial charge in [-0.2, -0.15) is 0 Å². The van der Waals surface area contributed by atoms with Gasteiger partial charge in [0.15, 0.2) is 29.8 Å². The van der Waals surface area contributed by atoms with Gasteiger partial charge in [0.05, 0.1) is 6.20 Å². The number of rotatable bonds is 5. The van der Waals surface area contributed by atoms with E-state index in [1.165, 1.54) is 12.1 Å². The number of hydrogen-bond acceptors (Lipinski definition) is 4. The van der Waals surface area contributed by atoms with Crippen molar-refractivity contribution in [2.75, 3.05) is 11.9 Å². The van der Waals surface area contributed by atoms with E-state index in [1.807, 2.05) is 12.1 Å². The molecule has 6 heteroatoms. The first-order valence-electron chi connectivity index (χ1n) is 7.32. The lowest BCUT2D eigenvalue weighted by atomic mass is 10.2. The Morgan fingerprint density at radius 2 is 1.96 bits per heavy atom. The molecule has 0 radical (unpaired) electrons. The zero-order valence-corrected chi connectivity index (χ0v) is 13.0. The Kier molecular flexibility index (Phi) is 4.56. The number of nitrogens with one attached hydrogen (secondary N) is 1. The summed E-state index contributed by atoms with van der Waals surface area (Å²) in [7, 11) is 0. The SMILES string of the molecule is Cc1ncc(-c2ccc(NC(=O)COc3ccccc3F)cc2)o1. The van der Waals surface area contributed by atoms with Gasteiger partial charge in [-0.05, 0) is 36.4 Å². The minimum atomic E-state index is -0.503. The van der Waals surface area contributed by atoms with Crippen molar-refractivity contribution in [3.8, 4) is 17.1 Å². The van der Waals surface area contributed by atoms with Crippen LogP contribution in [0.1, 0.15) is 5.89 Å². The van der Waals surface area contributed by atoms with E-state index in [4.69, 9.17) is 9.15 Å². The number of para-hydroxylation sites is 1. The first kappa shape index (κ1) is 15.7. The second-order valence-corrected chi connectivity index (χ2v) is 5.09. The van der Waals surface area contributed by atoms with Crippen LogP contribution in [-0.4, -0.2) is 17.5 Å². The molecule has 24 heavy (non-hydrogen) atoms. The Morgan fingerprint density at radius 1 is 1.21 bits per heavy atom. The summed E-state index contributed by atoms with van der Waals surface area (Å²) in [6, 6.07) is 13.1. The Hall–Kier alpha value is -3.15. The zero-order valence-electron chi connectivity index (χ0n) is 13.0. The second-order valence-electron chi connectivity index (χ2n) is 5.09. The van der Waals surface area contributed by atoms with E-state index in [0.29, 0.717) is 17.3 Å². The molecule has 1 aromatic heterocycles. The number of hydrogen-bond donors (Lipinski definition) is 1. The molecular weight excluding hydrogens is 311 g/mol. The van der Waals surface area contributed by atoms with Gasteiger partial charge in [0.2, 0.25) is 0 Å². The van der Waals surface area contributed by atoms with Gasteiger partial charge in [0.1, 0.15) is 0 Å². The molecule has 2 aromatic carbocycles. The van der Waals surface area contributed by atoms with Gasteiger partial charge in [0.25, 0.3) is 5.91 Å². The smallest absolute Gasteiger partial charge is 0.262 e. The van der Waals surface area contributed by atoms with Crippen LogP contribution in [0.15, 0.2) is 59.1 Å². The molecule has 3 aromatic rings. The summed E-state index contributed by atoms with van der Waals surface area (Å²) in [5, 5.41) is 2.68. The van der Waals surface area contributed by atoms with Gasteiger partial charge >= 0.3 is 0 Å². The highest BCUT2D eigenvalue weighted by Crippen LogP contribution is 2.22. The summed E-state index contributed by atoms with van der Waals surface area (Å²) in [5.74, 6) is 0.420. The lowest BCUT2D eigenvalue weighted by molar-refractivity contribution is -0.118. The third-order valence-corrected chi connectivity index (χ3v) is 3.27. The molecule has 0 atom stereocenters. The number of nitrogens with zero attached hydrogens (tertiary/aromatic N) is 1. The van der Waals surface area contributed by atoms with Crippen molar-refractivity contribution in [3.05, 3.63) is 66.4 Å². The highest BCUT2D eigenvalue weighted by Gasteiger charge is 2.08. The second kappa shape index (κ2) is 6.95. The van der Waals surface area contributed by atoms with Crippen molar-refractivity contribution in [1.82, 2.24) is 4.98 Å². The predicted octanol–water partition coefficient (Wildman–Crippen LogP) is 3.81. The summed E-state index contributed by atoms with van der Waals surface area (Å²) >= 11 is 0.